The van der Waals surface area contributed by atoms with Crippen molar-refractivity contribution in [1.29, 1.82) is 0 Å². The highest BCUT2D eigenvalue weighted by molar-refractivity contribution is 5.51. The van der Waals surface area contributed by atoms with Gasteiger partial charge in [-0.3, -0.25) is 0 Å². The first-order valence-electron chi connectivity index (χ1n) is 7.38. The molecule has 0 bridgehead atoms. The number of hydrogen-bond donors (Lipinski definition) is 2. The fourth-order valence-electron chi connectivity index (χ4n) is 2.03. The number of ether oxygens (including phenoxy) is 1. The van der Waals surface area contributed by atoms with Crippen LogP contribution in [0.25, 0.3) is 0 Å². The third-order valence-electron chi connectivity index (χ3n) is 3.22. The first kappa shape index (κ1) is 15.2. The van der Waals surface area contributed by atoms with Gasteiger partial charge >= 0.3 is 0 Å². The predicted octanol–water partition coefficient (Wildman–Crippen LogP) is 3.57. The lowest BCUT2D eigenvalue weighted by molar-refractivity contribution is 0.414. The van der Waals surface area contributed by atoms with Crippen LogP contribution in [0.4, 0.5) is 11.5 Å². The number of hydrogen-bond acceptors (Lipinski definition) is 4. The number of benzene rings is 1. The minimum absolute atomic E-state index is 0.892. The molecule has 2 aromatic rings. The molecule has 4 heteroatoms. The van der Waals surface area contributed by atoms with Crippen LogP contribution in [0.15, 0.2) is 42.6 Å². The Kier molecular flexibility index (Phi) is 5.88. The van der Waals surface area contributed by atoms with Gasteiger partial charge in [0.15, 0.2) is 0 Å². The van der Waals surface area contributed by atoms with Crippen molar-refractivity contribution in [3.05, 3.63) is 48.2 Å². The van der Waals surface area contributed by atoms with Gasteiger partial charge in [0.25, 0.3) is 0 Å². The fraction of sp³-hybridized carbons (Fsp3) is 0.353. The molecule has 0 unspecified atom stereocenters. The fourth-order valence-corrected chi connectivity index (χ4v) is 2.03. The number of methoxy groups -OCH3 is 1. The van der Waals surface area contributed by atoms with Gasteiger partial charge in [-0.2, -0.15) is 0 Å². The van der Waals surface area contributed by atoms with Crippen LogP contribution in [0.1, 0.15) is 18.9 Å². The standard InChI is InChI=1S/C17H23N3O/c1-3-10-19-17-13-15(9-12-20-17)18-11-8-14-4-6-16(21-2)7-5-14/h4-7,9,12-13H,3,8,10-11H2,1-2H3,(H2,18,19,20). The maximum absolute atomic E-state index is 5.16. The monoisotopic (exact) mass is 285 g/mol. The van der Waals surface area contributed by atoms with E-state index in [9.17, 15) is 0 Å². The molecule has 1 aromatic carbocycles. The molecule has 0 spiro atoms. The first-order valence-corrected chi connectivity index (χ1v) is 7.38. The Morgan fingerprint density at radius 3 is 2.57 bits per heavy atom. The van der Waals surface area contributed by atoms with Crippen LogP contribution in [-0.4, -0.2) is 25.2 Å². The smallest absolute Gasteiger partial charge is 0.127 e. The summed E-state index contributed by atoms with van der Waals surface area (Å²) in [4.78, 5) is 4.30. The van der Waals surface area contributed by atoms with Crippen molar-refractivity contribution >= 4 is 11.5 Å². The summed E-state index contributed by atoms with van der Waals surface area (Å²) in [5.41, 5.74) is 2.39. The number of nitrogens with zero attached hydrogens (tertiary/aromatic N) is 1. The van der Waals surface area contributed by atoms with Gasteiger partial charge < -0.3 is 15.4 Å². The van der Waals surface area contributed by atoms with Crippen LogP contribution in [-0.2, 0) is 6.42 Å². The molecule has 0 atom stereocenters. The molecule has 0 radical (unpaired) electrons. The van der Waals surface area contributed by atoms with Crippen molar-refractivity contribution in [2.24, 2.45) is 0 Å². The van der Waals surface area contributed by atoms with E-state index in [0.717, 1.165) is 43.2 Å². The second kappa shape index (κ2) is 8.15. The number of nitrogens with one attached hydrogen (secondary N) is 2. The van der Waals surface area contributed by atoms with E-state index >= 15 is 0 Å². The van der Waals surface area contributed by atoms with E-state index in [4.69, 9.17) is 4.74 Å². The Balaban J connectivity index is 1.82. The Morgan fingerprint density at radius 1 is 1.05 bits per heavy atom. The quantitative estimate of drug-likeness (QED) is 0.778. The van der Waals surface area contributed by atoms with Gasteiger partial charge in [-0.25, -0.2) is 4.98 Å². The van der Waals surface area contributed by atoms with E-state index in [1.807, 2.05) is 30.5 Å². The lowest BCUT2D eigenvalue weighted by Gasteiger charge is -2.09. The van der Waals surface area contributed by atoms with E-state index in [-0.39, 0.29) is 0 Å². The van der Waals surface area contributed by atoms with Crippen LogP contribution in [0.2, 0.25) is 0 Å². The first-order chi connectivity index (χ1) is 10.3. The van der Waals surface area contributed by atoms with Gasteiger partial charge in [-0.05, 0) is 36.6 Å². The Bertz CT molecular complexity index is 540. The molecule has 2 rings (SSSR count). The minimum atomic E-state index is 0.892. The molecular formula is C17H23N3O. The lowest BCUT2D eigenvalue weighted by atomic mass is 10.1. The molecule has 2 N–H and O–H groups in total. The number of aromatic nitrogens is 1. The molecule has 4 nitrogen and oxygen atoms in total. The number of pyridine rings is 1. The molecule has 0 aliphatic heterocycles. The number of anilines is 2. The van der Waals surface area contributed by atoms with Gasteiger partial charge in [-0.1, -0.05) is 19.1 Å². The summed E-state index contributed by atoms with van der Waals surface area (Å²) in [5.74, 6) is 1.82. The Hall–Kier alpha value is -2.23. The van der Waals surface area contributed by atoms with Crippen LogP contribution in [0.5, 0.6) is 5.75 Å². The zero-order valence-electron chi connectivity index (χ0n) is 12.7. The SMILES string of the molecule is CCCNc1cc(NCCc2ccc(OC)cc2)ccn1. The highest BCUT2D eigenvalue weighted by Crippen LogP contribution is 2.14. The van der Waals surface area contributed by atoms with Crippen LogP contribution in [0, 0.1) is 0 Å². The van der Waals surface area contributed by atoms with Gasteiger partial charge in [0.1, 0.15) is 11.6 Å². The van der Waals surface area contributed by atoms with Gasteiger partial charge in [-0.15, -0.1) is 0 Å². The molecule has 21 heavy (non-hydrogen) atoms. The number of rotatable bonds is 8. The van der Waals surface area contributed by atoms with E-state index < -0.39 is 0 Å². The second-order valence-corrected chi connectivity index (χ2v) is 4.88. The summed E-state index contributed by atoms with van der Waals surface area (Å²) in [6.07, 6.45) is 3.90. The van der Waals surface area contributed by atoms with Crippen molar-refractivity contribution in [1.82, 2.24) is 4.98 Å². The van der Waals surface area contributed by atoms with E-state index in [1.165, 1.54) is 5.56 Å². The van der Waals surface area contributed by atoms with Crippen molar-refractivity contribution in [3.63, 3.8) is 0 Å². The molecule has 0 saturated carbocycles. The summed E-state index contributed by atoms with van der Waals surface area (Å²) < 4.78 is 5.16. The highest BCUT2D eigenvalue weighted by atomic mass is 16.5. The van der Waals surface area contributed by atoms with Crippen LogP contribution in [0.3, 0.4) is 0 Å². The third-order valence-corrected chi connectivity index (χ3v) is 3.22. The minimum Gasteiger partial charge on any atom is -0.497 e. The maximum atomic E-state index is 5.16. The zero-order chi connectivity index (χ0) is 14.9. The average molecular weight is 285 g/mol. The van der Waals surface area contributed by atoms with Crippen molar-refractivity contribution < 1.29 is 4.74 Å². The van der Waals surface area contributed by atoms with Crippen molar-refractivity contribution in [2.75, 3.05) is 30.8 Å². The Morgan fingerprint density at radius 2 is 1.86 bits per heavy atom. The molecule has 0 aliphatic carbocycles. The summed E-state index contributed by atoms with van der Waals surface area (Å²) in [5, 5.41) is 6.72. The van der Waals surface area contributed by atoms with E-state index in [1.54, 1.807) is 7.11 Å². The largest absolute Gasteiger partial charge is 0.497 e. The maximum Gasteiger partial charge on any atom is 0.127 e. The molecule has 0 fully saturated rings. The molecule has 0 aliphatic rings. The lowest BCUT2D eigenvalue weighted by Crippen LogP contribution is -2.06. The normalized spacial score (nSPS) is 10.2. The van der Waals surface area contributed by atoms with E-state index in [0.29, 0.717) is 0 Å². The molecule has 1 heterocycles. The summed E-state index contributed by atoms with van der Waals surface area (Å²) in [6.45, 7) is 3.98. The summed E-state index contributed by atoms with van der Waals surface area (Å²) in [6, 6.07) is 12.2. The second-order valence-electron chi connectivity index (χ2n) is 4.88. The molecule has 1 aromatic heterocycles. The average Bonchev–Trinajstić information content (AvgIpc) is 2.54. The molecule has 112 valence electrons. The third kappa shape index (κ3) is 4.99. The zero-order valence-corrected chi connectivity index (χ0v) is 12.7. The van der Waals surface area contributed by atoms with Crippen molar-refractivity contribution in [3.8, 4) is 5.75 Å². The predicted molar refractivity (Wildman–Crippen MR) is 88.2 cm³/mol. The van der Waals surface area contributed by atoms with E-state index in [2.05, 4.69) is 34.7 Å². The Labute approximate surface area is 126 Å². The van der Waals surface area contributed by atoms with Crippen LogP contribution < -0.4 is 15.4 Å². The summed E-state index contributed by atoms with van der Waals surface area (Å²) >= 11 is 0. The summed E-state index contributed by atoms with van der Waals surface area (Å²) in [7, 11) is 1.68. The van der Waals surface area contributed by atoms with Crippen LogP contribution >= 0.6 is 0 Å². The topological polar surface area (TPSA) is 46.2 Å². The van der Waals surface area contributed by atoms with Crippen molar-refractivity contribution in [2.45, 2.75) is 19.8 Å². The molecule has 0 amide bonds. The highest BCUT2D eigenvalue weighted by Gasteiger charge is 1.98. The van der Waals surface area contributed by atoms with Gasteiger partial charge in [0, 0.05) is 31.0 Å². The van der Waals surface area contributed by atoms with Gasteiger partial charge in [0.05, 0.1) is 7.11 Å². The molecule has 0 saturated heterocycles. The van der Waals surface area contributed by atoms with Gasteiger partial charge in [0.2, 0.25) is 0 Å². The molecular weight excluding hydrogens is 262 g/mol.